The van der Waals surface area contributed by atoms with Crippen LogP contribution >= 0.6 is 0 Å². The van der Waals surface area contributed by atoms with Gasteiger partial charge in [-0.2, -0.15) is 5.26 Å². The van der Waals surface area contributed by atoms with Crippen LogP contribution in [-0.2, 0) is 10.2 Å². The van der Waals surface area contributed by atoms with Gasteiger partial charge in [0, 0.05) is 0 Å². The number of carbonyl (C=O) groups excluding carboxylic acids is 1. The van der Waals surface area contributed by atoms with Crippen molar-refractivity contribution in [3.8, 4) is 11.8 Å². The van der Waals surface area contributed by atoms with Crippen molar-refractivity contribution in [1.82, 2.24) is 0 Å². The van der Waals surface area contributed by atoms with E-state index in [9.17, 15) is 4.79 Å². The summed E-state index contributed by atoms with van der Waals surface area (Å²) < 4.78 is 5.53. The molecule has 1 unspecified atom stereocenters. The molecule has 2 aliphatic rings. The van der Waals surface area contributed by atoms with E-state index in [1.54, 1.807) is 6.92 Å². The third-order valence-electron chi connectivity index (χ3n) is 3.43. The zero-order valence-electron chi connectivity index (χ0n) is 9.49. The fourth-order valence-electron chi connectivity index (χ4n) is 2.09. The molecule has 86 valence electrons. The molecule has 1 fully saturated rings. The number of nitrogens with one attached hydrogen (secondary N) is 1. The average molecular weight is 228 g/mol. The molecule has 0 aromatic heterocycles. The van der Waals surface area contributed by atoms with Crippen molar-refractivity contribution in [3.05, 3.63) is 23.8 Å². The maximum atomic E-state index is 11.4. The molecule has 1 aliphatic heterocycles. The maximum absolute atomic E-state index is 11.4. The summed E-state index contributed by atoms with van der Waals surface area (Å²) in [5.41, 5.74) is 1.36. The number of benzene rings is 1. The number of hydrogen-bond acceptors (Lipinski definition) is 3. The fourth-order valence-corrected chi connectivity index (χ4v) is 2.09. The smallest absolute Gasteiger partial charge is 0.265 e. The fraction of sp³-hybridized carbons (Fsp3) is 0.385. The number of nitrogens with zero attached hydrogens (tertiary/aromatic N) is 1. The largest absolute Gasteiger partial charge is 0.479 e. The van der Waals surface area contributed by atoms with Gasteiger partial charge in [0.15, 0.2) is 6.10 Å². The molecule has 1 amide bonds. The molecule has 4 heteroatoms. The number of hydrogen-bond donors (Lipinski definition) is 1. The number of nitriles is 1. The molecule has 3 rings (SSSR count). The van der Waals surface area contributed by atoms with E-state index in [-0.39, 0.29) is 11.3 Å². The van der Waals surface area contributed by atoms with Crippen molar-refractivity contribution in [2.24, 2.45) is 0 Å². The van der Waals surface area contributed by atoms with Crippen LogP contribution in [0.2, 0.25) is 0 Å². The summed E-state index contributed by atoms with van der Waals surface area (Å²) in [4.78, 5) is 11.4. The third-order valence-corrected chi connectivity index (χ3v) is 3.43. The van der Waals surface area contributed by atoms with E-state index in [0.29, 0.717) is 11.4 Å². The SMILES string of the molecule is CC1Oc2cc(C3(C#N)CC3)ccc2NC1=O. The lowest BCUT2D eigenvalue weighted by Crippen LogP contribution is -2.34. The van der Waals surface area contributed by atoms with Crippen molar-refractivity contribution >= 4 is 11.6 Å². The molecule has 4 nitrogen and oxygen atoms in total. The summed E-state index contributed by atoms with van der Waals surface area (Å²) in [7, 11) is 0. The Bertz CT molecular complexity index is 541. The van der Waals surface area contributed by atoms with Gasteiger partial charge in [-0.25, -0.2) is 0 Å². The Morgan fingerprint density at radius 3 is 2.94 bits per heavy atom. The van der Waals surface area contributed by atoms with Crippen molar-refractivity contribution < 1.29 is 9.53 Å². The van der Waals surface area contributed by atoms with Gasteiger partial charge in [-0.3, -0.25) is 4.79 Å². The summed E-state index contributed by atoms with van der Waals surface area (Å²) in [6.07, 6.45) is 1.34. The van der Waals surface area contributed by atoms with Gasteiger partial charge < -0.3 is 10.1 Å². The van der Waals surface area contributed by atoms with Gasteiger partial charge >= 0.3 is 0 Å². The predicted molar refractivity (Wildman–Crippen MR) is 61.7 cm³/mol. The predicted octanol–water partition coefficient (Wildman–Crippen LogP) is 1.96. The molecule has 1 heterocycles. The van der Waals surface area contributed by atoms with Crippen LogP contribution in [0, 0.1) is 11.3 Å². The average Bonchev–Trinajstić information content (AvgIpc) is 3.11. The molecule has 0 spiro atoms. The van der Waals surface area contributed by atoms with Gasteiger partial charge in [0.05, 0.1) is 17.2 Å². The van der Waals surface area contributed by atoms with Crippen molar-refractivity contribution in [2.75, 3.05) is 5.32 Å². The van der Waals surface area contributed by atoms with Crippen LogP contribution in [0.25, 0.3) is 0 Å². The summed E-state index contributed by atoms with van der Waals surface area (Å²) in [6, 6.07) is 7.94. The van der Waals surface area contributed by atoms with Crippen molar-refractivity contribution in [2.45, 2.75) is 31.3 Å². The molecule has 0 bridgehead atoms. The van der Waals surface area contributed by atoms with E-state index >= 15 is 0 Å². The summed E-state index contributed by atoms with van der Waals surface area (Å²) >= 11 is 0. The normalized spacial score (nSPS) is 24.0. The van der Waals surface area contributed by atoms with Crippen LogP contribution in [0.1, 0.15) is 25.3 Å². The van der Waals surface area contributed by atoms with E-state index in [4.69, 9.17) is 10.00 Å². The Labute approximate surface area is 99.2 Å². The molecule has 1 aliphatic carbocycles. The van der Waals surface area contributed by atoms with Crippen LogP contribution in [0.15, 0.2) is 18.2 Å². The highest BCUT2D eigenvalue weighted by atomic mass is 16.5. The minimum absolute atomic E-state index is 0.133. The second kappa shape index (κ2) is 3.24. The monoisotopic (exact) mass is 228 g/mol. The zero-order valence-corrected chi connectivity index (χ0v) is 9.49. The van der Waals surface area contributed by atoms with Gasteiger partial charge in [-0.15, -0.1) is 0 Å². The van der Waals surface area contributed by atoms with Gasteiger partial charge in [-0.1, -0.05) is 6.07 Å². The molecule has 0 saturated heterocycles. The summed E-state index contributed by atoms with van der Waals surface area (Å²) in [5.74, 6) is 0.530. The first-order valence-corrected chi connectivity index (χ1v) is 5.68. The van der Waals surface area contributed by atoms with Gasteiger partial charge in [0.2, 0.25) is 0 Å². The number of carbonyl (C=O) groups is 1. The minimum atomic E-state index is -0.477. The number of rotatable bonds is 1. The number of fused-ring (bicyclic) bond motifs is 1. The van der Waals surface area contributed by atoms with Crippen molar-refractivity contribution in [3.63, 3.8) is 0 Å². The lowest BCUT2D eigenvalue weighted by molar-refractivity contribution is -0.122. The second-order valence-electron chi connectivity index (χ2n) is 4.65. The Balaban J connectivity index is 2.01. The topological polar surface area (TPSA) is 62.1 Å². The molecule has 1 aromatic rings. The molecular formula is C13H12N2O2. The van der Waals surface area contributed by atoms with E-state index in [1.165, 1.54) is 0 Å². The van der Waals surface area contributed by atoms with E-state index in [0.717, 1.165) is 18.4 Å². The van der Waals surface area contributed by atoms with Crippen LogP contribution < -0.4 is 10.1 Å². The lowest BCUT2D eigenvalue weighted by Gasteiger charge is -2.24. The van der Waals surface area contributed by atoms with Crippen LogP contribution in [0.4, 0.5) is 5.69 Å². The minimum Gasteiger partial charge on any atom is -0.479 e. The van der Waals surface area contributed by atoms with Crippen LogP contribution in [0.3, 0.4) is 0 Å². The van der Waals surface area contributed by atoms with Gasteiger partial charge in [-0.05, 0) is 37.5 Å². The number of anilines is 1. The molecule has 1 saturated carbocycles. The summed E-state index contributed by atoms with van der Waals surface area (Å²) in [5, 5.41) is 11.9. The Hall–Kier alpha value is -2.02. The van der Waals surface area contributed by atoms with Crippen LogP contribution in [-0.4, -0.2) is 12.0 Å². The first-order valence-electron chi connectivity index (χ1n) is 5.68. The highest BCUT2D eigenvalue weighted by Crippen LogP contribution is 2.49. The van der Waals surface area contributed by atoms with E-state index < -0.39 is 6.10 Å². The maximum Gasteiger partial charge on any atom is 0.265 e. The van der Waals surface area contributed by atoms with Gasteiger partial charge in [0.25, 0.3) is 5.91 Å². The number of ether oxygens (including phenoxy) is 1. The zero-order chi connectivity index (χ0) is 12.0. The Morgan fingerprint density at radius 2 is 2.29 bits per heavy atom. The quantitative estimate of drug-likeness (QED) is 0.799. The van der Waals surface area contributed by atoms with Crippen molar-refractivity contribution in [1.29, 1.82) is 5.26 Å². The molecule has 1 atom stereocenters. The highest BCUT2D eigenvalue weighted by molar-refractivity contribution is 5.97. The Morgan fingerprint density at radius 1 is 1.53 bits per heavy atom. The highest BCUT2D eigenvalue weighted by Gasteiger charge is 2.45. The third kappa shape index (κ3) is 1.47. The second-order valence-corrected chi connectivity index (χ2v) is 4.65. The molecule has 1 N–H and O–H groups in total. The summed E-state index contributed by atoms with van der Waals surface area (Å²) in [6.45, 7) is 1.71. The molecule has 17 heavy (non-hydrogen) atoms. The number of amides is 1. The molecule has 1 aromatic carbocycles. The van der Waals surface area contributed by atoms with E-state index in [1.807, 2.05) is 18.2 Å². The lowest BCUT2D eigenvalue weighted by atomic mass is 9.97. The first kappa shape index (κ1) is 10.2. The Kier molecular flexibility index (Phi) is 1.93. The van der Waals surface area contributed by atoms with E-state index in [2.05, 4.69) is 11.4 Å². The molecule has 0 radical (unpaired) electrons. The molecular weight excluding hydrogens is 216 g/mol. The standard InChI is InChI=1S/C13H12N2O2/c1-8-12(16)15-10-3-2-9(6-11(10)17-8)13(7-14)4-5-13/h2-3,6,8H,4-5H2,1H3,(H,15,16). The van der Waals surface area contributed by atoms with Gasteiger partial charge in [0.1, 0.15) is 5.75 Å². The van der Waals surface area contributed by atoms with Crippen LogP contribution in [0.5, 0.6) is 5.75 Å². The first-order chi connectivity index (χ1) is 8.14.